The average molecular weight is 218 g/mol. The van der Waals surface area contributed by atoms with Gasteiger partial charge in [-0.05, 0) is 18.2 Å². The fourth-order valence-corrected chi connectivity index (χ4v) is 1.07. The largest absolute Gasteiger partial charge is 0.496 e. The van der Waals surface area contributed by atoms with Gasteiger partial charge in [-0.25, -0.2) is 0 Å². The fraction of sp³-hybridized carbons (Fsp3) is 0.222. The molecule has 0 saturated heterocycles. The first-order valence-corrected chi connectivity index (χ1v) is 3.87. The highest BCUT2D eigenvalue weighted by Gasteiger charge is 2.34. The van der Waals surface area contributed by atoms with Crippen LogP contribution in [0.1, 0.15) is 5.56 Å². The summed E-state index contributed by atoms with van der Waals surface area (Å²) in [5.74, 6) is -0.293. The number of anilines is 1. The van der Waals surface area contributed by atoms with Crippen molar-refractivity contribution in [3.8, 4) is 5.75 Å². The molecule has 0 fully saturated rings. The number of rotatable bonds is 3. The van der Waals surface area contributed by atoms with Crippen molar-refractivity contribution in [2.75, 3.05) is 12.4 Å². The van der Waals surface area contributed by atoms with Crippen molar-refractivity contribution in [3.05, 3.63) is 23.8 Å². The number of halogens is 3. The lowest BCUT2D eigenvalue weighted by molar-refractivity contribution is -0.138. The lowest BCUT2D eigenvalue weighted by atomic mass is 10.1. The summed E-state index contributed by atoms with van der Waals surface area (Å²) in [5, 5.41) is 2.01. The van der Waals surface area contributed by atoms with Crippen molar-refractivity contribution >= 4 is 12.1 Å². The number of alkyl halides is 3. The standard InChI is InChI=1S/C9H7F3NO2/c1-15-8-3-2-6(13-5-14)4-7(8)9(10,11)12/h2-4H,1H3,(H,13,14). The van der Waals surface area contributed by atoms with Crippen LogP contribution in [0.2, 0.25) is 0 Å². The molecule has 0 atom stereocenters. The number of nitrogens with one attached hydrogen (secondary N) is 1. The monoisotopic (exact) mass is 218 g/mol. The minimum Gasteiger partial charge on any atom is -0.496 e. The molecule has 1 aromatic carbocycles. The summed E-state index contributed by atoms with van der Waals surface area (Å²) in [6.07, 6.45) is -3.23. The molecule has 1 N–H and O–H groups in total. The molecule has 0 saturated carbocycles. The first kappa shape index (κ1) is 11.4. The molecule has 1 amide bonds. The maximum Gasteiger partial charge on any atom is 0.420 e. The van der Waals surface area contributed by atoms with Crippen molar-refractivity contribution in [3.63, 3.8) is 0 Å². The van der Waals surface area contributed by atoms with Gasteiger partial charge in [0, 0.05) is 5.69 Å². The Bertz CT molecular complexity index is 363. The molecule has 0 aromatic heterocycles. The van der Waals surface area contributed by atoms with E-state index in [1.165, 1.54) is 12.5 Å². The maximum absolute atomic E-state index is 12.4. The van der Waals surface area contributed by atoms with Crippen molar-refractivity contribution in [1.29, 1.82) is 0 Å². The van der Waals surface area contributed by atoms with Crippen molar-refractivity contribution < 1.29 is 22.7 Å². The molecule has 3 nitrogen and oxygen atoms in total. The van der Waals surface area contributed by atoms with Gasteiger partial charge < -0.3 is 10.1 Å². The second kappa shape index (κ2) is 4.20. The zero-order valence-corrected chi connectivity index (χ0v) is 7.68. The zero-order valence-electron chi connectivity index (χ0n) is 7.68. The third kappa shape index (κ3) is 2.61. The minimum atomic E-state index is -4.52. The molecule has 15 heavy (non-hydrogen) atoms. The van der Waals surface area contributed by atoms with E-state index in [0.29, 0.717) is 0 Å². The van der Waals surface area contributed by atoms with E-state index < -0.39 is 11.7 Å². The first-order chi connectivity index (χ1) is 6.99. The highest BCUT2D eigenvalue weighted by atomic mass is 19.4. The molecular formula is C9H7F3NO2. The zero-order chi connectivity index (χ0) is 11.5. The molecule has 0 heterocycles. The van der Waals surface area contributed by atoms with Gasteiger partial charge in [0.15, 0.2) is 0 Å². The van der Waals surface area contributed by atoms with E-state index in [2.05, 4.69) is 4.74 Å². The summed E-state index contributed by atoms with van der Waals surface area (Å²) in [6.45, 7) is 0. The summed E-state index contributed by atoms with van der Waals surface area (Å²) in [7, 11) is 1.14. The topological polar surface area (TPSA) is 38.3 Å². The molecule has 0 spiro atoms. The molecule has 1 aromatic rings. The van der Waals surface area contributed by atoms with Crippen LogP contribution in [-0.2, 0) is 11.0 Å². The summed E-state index contributed by atoms with van der Waals surface area (Å²) in [6, 6.07) is 3.20. The van der Waals surface area contributed by atoms with Crippen LogP contribution < -0.4 is 10.1 Å². The van der Waals surface area contributed by atoms with E-state index in [0.717, 1.165) is 19.2 Å². The molecule has 0 aliphatic heterocycles. The van der Waals surface area contributed by atoms with Gasteiger partial charge in [0.1, 0.15) is 5.75 Å². The summed E-state index contributed by atoms with van der Waals surface area (Å²) in [4.78, 5) is 9.94. The Labute approximate surface area is 83.8 Å². The van der Waals surface area contributed by atoms with Gasteiger partial charge in [0.25, 0.3) is 0 Å². The number of carbonyl (C=O) groups excluding carboxylic acids is 1. The lowest BCUT2D eigenvalue weighted by Crippen LogP contribution is -2.08. The number of hydrogen-bond donors (Lipinski definition) is 1. The smallest absolute Gasteiger partial charge is 0.420 e. The molecule has 0 aliphatic carbocycles. The van der Waals surface area contributed by atoms with Crippen LogP contribution in [0.4, 0.5) is 18.9 Å². The van der Waals surface area contributed by atoms with Crippen molar-refractivity contribution in [1.82, 2.24) is 0 Å². The fourth-order valence-electron chi connectivity index (χ4n) is 1.07. The Balaban J connectivity index is 3.19. The SMILES string of the molecule is COc1ccc(N[C]=O)cc1C(F)(F)F. The molecule has 81 valence electrons. The van der Waals surface area contributed by atoms with Gasteiger partial charge >= 0.3 is 12.6 Å². The maximum atomic E-state index is 12.4. The molecule has 0 unspecified atom stereocenters. The van der Waals surface area contributed by atoms with E-state index in [4.69, 9.17) is 0 Å². The van der Waals surface area contributed by atoms with Gasteiger partial charge in [0.2, 0.25) is 0 Å². The van der Waals surface area contributed by atoms with Gasteiger partial charge in [0.05, 0.1) is 12.7 Å². The summed E-state index contributed by atoms with van der Waals surface area (Å²) < 4.78 is 41.9. The second-order valence-corrected chi connectivity index (χ2v) is 2.64. The number of methoxy groups -OCH3 is 1. The van der Waals surface area contributed by atoms with E-state index in [-0.39, 0.29) is 11.4 Å². The van der Waals surface area contributed by atoms with Crippen LogP contribution in [-0.4, -0.2) is 13.5 Å². The molecule has 1 radical (unpaired) electrons. The van der Waals surface area contributed by atoms with Gasteiger partial charge in [-0.15, -0.1) is 0 Å². The molecule has 0 bridgehead atoms. The number of benzene rings is 1. The third-order valence-electron chi connectivity index (χ3n) is 1.70. The van der Waals surface area contributed by atoms with E-state index in [1.807, 2.05) is 5.32 Å². The van der Waals surface area contributed by atoms with Crippen LogP contribution in [0.5, 0.6) is 5.75 Å². The predicted octanol–water partition coefficient (Wildman–Crippen LogP) is 2.19. The Morgan fingerprint density at radius 3 is 2.53 bits per heavy atom. The quantitative estimate of drug-likeness (QED) is 0.790. The Kier molecular flexibility index (Phi) is 3.18. The number of amides is 1. The van der Waals surface area contributed by atoms with Gasteiger partial charge in [-0.3, -0.25) is 4.79 Å². The Morgan fingerprint density at radius 1 is 1.40 bits per heavy atom. The number of hydrogen-bond acceptors (Lipinski definition) is 2. The van der Waals surface area contributed by atoms with Crippen LogP contribution in [0.3, 0.4) is 0 Å². The van der Waals surface area contributed by atoms with E-state index in [9.17, 15) is 18.0 Å². The van der Waals surface area contributed by atoms with Crippen LogP contribution in [0, 0.1) is 0 Å². The van der Waals surface area contributed by atoms with Crippen molar-refractivity contribution in [2.45, 2.75) is 6.18 Å². The lowest BCUT2D eigenvalue weighted by Gasteiger charge is -2.12. The molecular weight excluding hydrogens is 211 g/mol. The predicted molar refractivity (Wildman–Crippen MR) is 47.3 cm³/mol. The van der Waals surface area contributed by atoms with Crippen LogP contribution >= 0.6 is 0 Å². The Hall–Kier alpha value is -1.72. The molecule has 6 heteroatoms. The summed E-state index contributed by atoms with van der Waals surface area (Å²) >= 11 is 0. The second-order valence-electron chi connectivity index (χ2n) is 2.64. The van der Waals surface area contributed by atoms with Crippen molar-refractivity contribution in [2.24, 2.45) is 0 Å². The van der Waals surface area contributed by atoms with Crippen LogP contribution in [0.25, 0.3) is 0 Å². The normalized spacial score (nSPS) is 10.9. The van der Waals surface area contributed by atoms with Gasteiger partial charge in [-0.1, -0.05) is 0 Å². The number of ether oxygens (including phenoxy) is 1. The molecule has 0 aliphatic rings. The first-order valence-electron chi connectivity index (χ1n) is 3.87. The highest BCUT2D eigenvalue weighted by molar-refractivity contribution is 5.72. The van der Waals surface area contributed by atoms with Gasteiger partial charge in [-0.2, -0.15) is 13.2 Å². The highest BCUT2D eigenvalue weighted by Crippen LogP contribution is 2.37. The summed E-state index contributed by atoms with van der Waals surface area (Å²) in [5.41, 5.74) is -0.927. The van der Waals surface area contributed by atoms with E-state index >= 15 is 0 Å². The Morgan fingerprint density at radius 2 is 2.07 bits per heavy atom. The minimum absolute atomic E-state index is 0.0122. The third-order valence-corrected chi connectivity index (χ3v) is 1.70. The van der Waals surface area contributed by atoms with Crippen LogP contribution in [0.15, 0.2) is 18.2 Å². The van der Waals surface area contributed by atoms with E-state index in [1.54, 1.807) is 0 Å². The molecule has 1 rings (SSSR count). The average Bonchev–Trinajstić information content (AvgIpc) is 2.17.